The lowest BCUT2D eigenvalue weighted by atomic mass is 10.1. The van der Waals surface area contributed by atoms with Crippen LogP contribution >= 0.6 is 23.2 Å². The number of amides is 1. The molecule has 1 amide bonds. The van der Waals surface area contributed by atoms with Crippen LogP contribution in [0.3, 0.4) is 0 Å². The van der Waals surface area contributed by atoms with Gasteiger partial charge in [-0.05, 0) is 43.0 Å². The Labute approximate surface area is 192 Å². The number of carbonyl (C=O) groups excluding carboxylic acids is 1. The Morgan fingerprint density at radius 2 is 1.84 bits per heavy atom. The summed E-state index contributed by atoms with van der Waals surface area (Å²) in [6.45, 7) is 4.81. The van der Waals surface area contributed by atoms with Crippen molar-refractivity contribution in [1.29, 1.82) is 0 Å². The summed E-state index contributed by atoms with van der Waals surface area (Å²) >= 11 is 12.3. The molecule has 1 atom stereocenters. The van der Waals surface area contributed by atoms with E-state index in [-0.39, 0.29) is 11.9 Å². The Hall–Kier alpha value is -2.34. The molecule has 0 spiro atoms. The highest BCUT2D eigenvalue weighted by Gasteiger charge is 2.24. The molecular formula is C24H25Cl2N3O2. The fourth-order valence-electron chi connectivity index (χ4n) is 3.88. The van der Waals surface area contributed by atoms with Gasteiger partial charge in [-0.2, -0.15) is 0 Å². The average molecular weight is 458 g/mol. The molecule has 1 aromatic heterocycles. The summed E-state index contributed by atoms with van der Waals surface area (Å²) < 4.78 is 5.69. The van der Waals surface area contributed by atoms with Crippen molar-refractivity contribution >= 4 is 29.1 Å². The number of likely N-dealkylation sites (tertiary alicyclic amines) is 1. The summed E-state index contributed by atoms with van der Waals surface area (Å²) in [7, 11) is 0. The molecule has 7 heteroatoms. The van der Waals surface area contributed by atoms with Crippen molar-refractivity contribution in [1.82, 2.24) is 14.8 Å². The second kappa shape index (κ2) is 9.86. The molecule has 0 saturated carbocycles. The maximum atomic E-state index is 12.6. The number of hydrogen-bond acceptors (Lipinski definition) is 4. The van der Waals surface area contributed by atoms with Crippen molar-refractivity contribution in [2.75, 3.05) is 13.1 Å². The van der Waals surface area contributed by atoms with Crippen molar-refractivity contribution in [3.05, 3.63) is 87.6 Å². The Morgan fingerprint density at radius 1 is 1.10 bits per heavy atom. The van der Waals surface area contributed by atoms with Crippen LogP contribution < -0.4 is 0 Å². The number of rotatable bonds is 7. The third-order valence-electron chi connectivity index (χ3n) is 5.70. The highest BCUT2D eigenvalue weighted by molar-refractivity contribution is 6.42. The largest absolute Gasteiger partial charge is 0.447 e. The molecule has 0 radical (unpaired) electrons. The molecule has 162 valence electrons. The fourth-order valence-corrected chi connectivity index (χ4v) is 4.20. The molecule has 1 saturated heterocycles. The number of benzene rings is 2. The molecule has 1 unspecified atom stereocenters. The summed E-state index contributed by atoms with van der Waals surface area (Å²) in [5.74, 6) is 0.463. The quantitative estimate of drug-likeness (QED) is 0.437. The van der Waals surface area contributed by atoms with E-state index in [2.05, 4.69) is 28.9 Å². The molecule has 0 aliphatic carbocycles. The summed E-state index contributed by atoms with van der Waals surface area (Å²) in [5, 5.41) is 1.06. The number of carbonyl (C=O) groups is 1. The van der Waals surface area contributed by atoms with Crippen LogP contribution in [0.1, 0.15) is 53.3 Å². The van der Waals surface area contributed by atoms with Gasteiger partial charge in [0.2, 0.25) is 5.89 Å². The number of hydrogen-bond donors (Lipinski definition) is 0. The summed E-state index contributed by atoms with van der Waals surface area (Å²) in [6.07, 6.45) is 3.56. The van der Waals surface area contributed by atoms with Crippen LogP contribution in [0.25, 0.3) is 0 Å². The first-order valence-electron chi connectivity index (χ1n) is 10.5. The molecule has 0 N–H and O–H groups in total. The molecule has 1 fully saturated rings. The molecule has 4 rings (SSSR count). The van der Waals surface area contributed by atoms with Gasteiger partial charge in [-0.25, -0.2) is 4.98 Å². The summed E-state index contributed by atoms with van der Waals surface area (Å²) in [5.41, 5.74) is 2.60. The van der Waals surface area contributed by atoms with E-state index in [1.807, 2.05) is 41.3 Å². The topological polar surface area (TPSA) is 49.6 Å². The smallest absolute Gasteiger partial charge is 0.275 e. The van der Waals surface area contributed by atoms with Gasteiger partial charge in [0.25, 0.3) is 5.91 Å². The lowest BCUT2D eigenvalue weighted by Crippen LogP contribution is -2.28. The van der Waals surface area contributed by atoms with E-state index in [0.29, 0.717) is 34.7 Å². The Balaban J connectivity index is 1.55. The van der Waals surface area contributed by atoms with Crippen molar-refractivity contribution < 1.29 is 9.21 Å². The van der Waals surface area contributed by atoms with Gasteiger partial charge in [0.15, 0.2) is 5.69 Å². The fraction of sp³-hybridized carbons (Fsp3) is 0.333. The third kappa shape index (κ3) is 5.29. The molecule has 2 heterocycles. The zero-order chi connectivity index (χ0) is 21.8. The normalized spacial score (nSPS) is 14.9. The van der Waals surface area contributed by atoms with Gasteiger partial charge in [0, 0.05) is 25.7 Å². The minimum absolute atomic E-state index is 0.0559. The van der Waals surface area contributed by atoms with Crippen LogP contribution in [0.15, 0.2) is 59.2 Å². The first-order chi connectivity index (χ1) is 15.0. The van der Waals surface area contributed by atoms with Crippen LogP contribution in [0.2, 0.25) is 10.0 Å². The maximum Gasteiger partial charge on any atom is 0.275 e. The number of aromatic nitrogens is 1. The van der Waals surface area contributed by atoms with E-state index < -0.39 is 0 Å². The van der Waals surface area contributed by atoms with Gasteiger partial charge in [-0.1, -0.05) is 59.6 Å². The highest BCUT2D eigenvalue weighted by Crippen LogP contribution is 2.28. The molecule has 3 aromatic rings. The van der Waals surface area contributed by atoms with Crippen LogP contribution in [0.5, 0.6) is 0 Å². The first-order valence-corrected chi connectivity index (χ1v) is 11.2. The molecule has 31 heavy (non-hydrogen) atoms. The van der Waals surface area contributed by atoms with Crippen LogP contribution in [-0.4, -0.2) is 33.8 Å². The summed E-state index contributed by atoms with van der Waals surface area (Å²) in [4.78, 5) is 21.2. The molecular weight excluding hydrogens is 433 g/mol. The summed E-state index contributed by atoms with van der Waals surface area (Å²) in [6, 6.07) is 16.0. The van der Waals surface area contributed by atoms with E-state index in [4.69, 9.17) is 27.6 Å². The molecule has 1 aliphatic heterocycles. The predicted molar refractivity (Wildman–Crippen MR) is 122 cm³/mol. The van der Waals surface area contributed by atoms with Gasteiger partial charge < -0.3 is 9.32 Å². The molecule has 5 nitrogen and oxygen atoms in total. The monoisotopic (exact) mass is 457 g/mol. The third-order valence-corrected chi connectivity index (χ3v) is 6.44. The number of nitrogens with zero attached hydrogens (tertiary/aromatic N) is 3. The van der Waals surface area contributed by atoms with Crippen LogP contribution in [0.4, 0.5) is 0 Å². The van der Waals surface area contributed by atoms with Gasteiger partial charge in [0.05, 0.1) is 16.6 Å². The minimum Gasteiger partial charge on any atom is -0.447 e. The van der Waals surface area contributed by atoms with Crippen LogP contribution in [-0.2, 0) is 13.1 Å². The van der Waals surface area contributed by atoms with Gasteiger partial charge in [-0.15, -0.1) is 0 Å². The number of halogens is 2. The Bertz CT molecular complexity index is 1030. The lowest BCUT2D eigenvalue weighted by molar-refractivity contribution is 0.0787. The van der Waals surface area contributed by atoms with Crippen molar-refractivity contribution in [2.24, 2.45) is 0 Å². The average Bonchev–Trinajstić information content (AvgIpc) is 3.48. The Kier molecular flexibility index (Phi) is 6.96. The van der Waals surface area contributed by atoms with E-state index in [0.717, 1.165) is 31.5 Å². The van der Waals surface area contributed by atoms with Crippen molar-refractivity contribution in [3.63, 3.8) is 0 Å². The molecule has 1 aliphatic rings. The Morgan fingerprint density at radius 3 is 2.55 bits per heavy atom. The van der Waals surface area contributed by atoms with Gasteiger partial charge >= 0.3 is 0 Å². The van der Waals surface area contributed by atoms with Crippen molar-refractivity contribution in [3.8, 4) is 0 Å². The van der Waals surface area contributed by atoms with Gasteiger partial charge in [0.1, 0.15) is 6.26 Å². The van der Waals surface area contributed by atoms with Crippen LogP contribution in [0, 0.1) is 0 Å². The molecule has 0 bridgehead atoms. The molecule has 2 aromatic carbocycles. The second-order valence-corrected chi connectivity index (χ2v) is 8.68. The second-order valence-electron chi connectivity index (χ2n) is 7.87. The minimum atomic E-state index is -0.0559. The van der Waals surface area contributed by atoms with E-state index in [1.54, 1.807) is 0 Å². The standard InChI is InChI=1S/C24H25Cl2N3O2/c1-17(19-7-3-2-4-8-19)29(14-18-9-10-20(25)21(26)13-18)15-23-27-22(16-31-23)24(30)28-11-5-6-12-28/h2-4,7-10,13,16-17H,5-6,11-12,14-15H2,1H3. The van der Waals surface area contributed by atoms with E-state index >= 15 is 0 Å². The van der Waals surface area contributed by atoms with Crippen molar-refractivity contribution in [2.45, 2.75) is 38.9 Å². The first kappa shape index (κ1) is 21.9. The lowest BCUT2D eigenvalue weighted by Gasteiger charge is -2.28. The van der Waals surface area contributed by atoms with Gasteiger partial charge in [-0.3, -0.25) is 9.69 Å². The number of oxazole rings is 1. The maximum absolute atomic E-state index is 12.6. The predicted octanol–water partition coefficient (Wildman–Crippen LogP) is 5.98. The SMILES string of the molecule is CC(c1ccccc1)N(Cc1ccc(Cl)c(Cl)c1)Cc1nc(C(=O)N2CCCC2)co1. The highest BCUT2D eigenvalue weighted by atomic mass is 35.5. The zero-order valence-corrected chi connectivity index (χ0v) is 18.9. The zero-order valence-electron chi connectivity index (χ0n) is 17.4. The van der Waals surface area contributed by atoms with E-state index in [9.17, 15) is 4.79 Å². The van der Waals surface area contributed by atoms with E-state index in [1.165, 1.54) is 11.8 Å².